The number of ether oxygens (including phenoxy) is 1. The minimum absolute atomic E-state index is 0.0155. The van der Waals surface area contributed by atoms with Gasteiger partial charge in [0.15, 0.2) is 0 Å². The van der Waals surface area contributed by atoms with Crippen molar-refractivity contribution >= 4 is 5.97 Å². The Hall–Kier alpha value is -1.29. The van der Waals surface area contributed by atoms with E-state index in [-0.39, 0.29) is 5.76 Å². The van der Waals surface area contributed by atoms with E-state index in [1.165, 1.54) is 18.9 Å². The Kier molecular flexibility index (Phi) is 3.29. The van der Waals surface area contributed by atoms with Gasteiger partial charge in [-0.3, -0.25) is 0 Å². The molecule has 0 amide bonds. The van der Waals surface area contributed by atoms with Crippen molar-refractivity contribution in [2.24, 2.45) is 5.92 Å². The molecule has 0 radical (unpaired) electrons. The van der Waals surface area contributed by atoms with E-state index in [0.717, 1.165) is 24.5 Å². The summed E-state index contributed by atoms with van der Waals surface area (Å²) in [4.78, 5) is 10.7. The lowest BCUT2D eigenvalue weighted by Gasteiger charge is -2.01. The highest BCUT2D eigenvalue weighted by molar-refractivity contribution is 5.84. The molecule has 88 valence electrons. The molecule has 0 bridgehead atoms. The quantitative estimate of drug-likeness (QED) is 0.754. The van der Waals surface area contributed by atoms with Crippen molar-refractivity contribution in [3.63, 3.8) is 0 Å². The molecule has 0 spiro atoms. The summed E-state index contributed by atoms with van der Waals surface area (Å²) in [5, 5.41) is 8.74. The standard InChI is InChI=1S/C12H16O4/c1-8-10(6-11(16-8)12(13)14)7-15-5-4-9-2-3-9/h6,9H,2-5,7H2,1H3,(H,13,14). The van der Waals surface area contributed by atoms with Gasteiger partial charge in [-0.25, -0.2) is 4.79 Å². The van der Waals surface area contributed by atoms with Crippen LogP contribution in [-0.2, 0) is 11.3 Å². The van der Waals surface area contributed by atoms with E-state index in [2.05, 4.69) is 0 Å². The van der Waals surface area contributed by atoms with Crippen LogP contribution < -0.4 is 0 Å². The first-order chi connectivity index (χ1) is 7.66. The molecule has 1 heterocycles. The maximum absolute atomic E-state index is 10.7. The number of hydrogen-bond acceptors (Lipinski definition) is 3. The lowest BCUT2D eigenvalue weighted by atomic mass is 10.2. The van der Waals surface area contributed by atoms with Crippen molar-refractivity contribution in [3.05, 3.63) is 23.2 Å². The number of rotatable bonds is 6. The van der Waals surface area contributed by atoms with E-state index in [1.807, 2.05) is 0 Å². The number of hydrogen-bond donors (Lipinski definition) is 1. The van der Waals surface area contributed by atoms with E-state index in [0.29, 0.717) is 12.4 Å². The minimum Gasteiger partial charge on any atom is -0.475 e. The largest absolute Gasteiger partial charge is 0.475 e. The van der Waals surface area contributed by atoms with Crippen molar-refractivity contribution in [2.45, 2.75) is 32.8 Å². The molecule has 1 saturated carbocycles. The normalized spacial score (nSPS) is 15.3. The maximum atomic E-state index is 10.7. The number of carbonyl (C=O) groups is 1. The number of furan rings is 1. The molecule has 1 aliphatic rings. The fraction of sp³-hybridized carbons (Fsp3) is 0.583. The van der Waals surface area contributed by atoms with E-state index in [4.69, 9.17) is 14.3 Å². The van der Waals surface area contributed by atoms with Gasteiger partial charge in [0, 0.05) is 12.2 Å². The van der Waals surface area contributed by atoms with Gasteiger partial charge in [0.1, 0.15) is 5.76 Å². The lowest BCUT2D eigenvalue weighted by Crippen LogP contribution is -1.96. The predicted molar refractivity (Wildman–Crippen MR) is 57.4 cm³/mol. The van der Waals surface area contributed by atoms with Crippen LogP contribution in [0, 0.1) is 12.8 Å². The third kappa shape index (κ3) is 2.85. The summed E-state index contributed by atoms with van der Waals surface area (Å²) in [6.45, 7) is 2.94. The zero-order valence-electron chi connectivity index (χ0n) is 9.36. The van der Waals surface area contributed by atoms with Crippen LogP contribution in [0.4, 0.5) is 0 Å². The molecule has 1 N–H and O–H groups in total. The van der Waals surface area contributed by atoms with Crippen LogP contribution in [0.5, 0.6) is 0 Å². The second kappa shape index (κ2) is 4.70. The molecule has 0 atom stereocenters. The average Bonchev–Trinajstić information content (AvgIpc) is 2.98. The fourth-order valence-corrected chi connectivity index (χ4v) is 1.61. The number of carboxylic acids is 1. The molecule has 16 heavy (non-hydrogen) atoms. The lowest BCUT2D eigenvalue weighted by molar-refractivity contribution is 0.0661. The highest BCUT2D eigenvalue weighted by Crippen LogP contribution is 2.32. The Balaban J connectivity index is 1.80. The first kappa shape index (κ1) is 11.2. The zero-order chi connectivity index (χ0) is 11.5. The van der Waals surface area contributed by atoms with Crippen LogP contribution in [0.15, 0.2) is 10.5 Å². The fourth-order valence-electron chi connectivity index (χ4n) is 1.61. The average molecular weight is 224 g/mol. The van der Waals surface area contributed by atoms with Gasteiger partial charge in [-0.05, 0) is 25.3 Å². The van der Waals surface area contributed by atoms with Crippen LogP contribution in [0.2, 0.25) is 0 Å². The molecule has 4 heteroatoms. The molecule has 2 rings (SSSR count). The molecule has 0 aromatic carbocycles. The van der Waals surface area contributed by atoms with E-state index in [1.54, 1.807) is 6.92 Å². The molecular formula is C12H16O4. The monoisotopic (exact) mass is 224 g/mol. The van der Waals surface area contributed by atoms with Gasteiger partial charge in [0.05, 0.1) is 6.61 Å². The van der Waals surface area contributed by atoms with Gasteiger partial charge in [0.2, 0.25) is 5.76 Å². The second-order valence-corrected chi connectivity index (χ2v) is 4.28. The van der Waals surface area contributed by atoms with Crippen molar-refractivity contribution < 1.29 is 19.1 Å². The highest BCUT2D eigenvalue weighted by Gasteiger charge is 2.20. The molecule has 1 aromatic rings. The SMILES string of the molecule is Cc1oc(C(=O)O)cc1COCCC1CC1. The van der Waals surface area contributed by atoms with Gasteiger partial charge in [-0.15, -0.1) is 0 Å². The van der Waals surface area contributed by atoms with Crippen LogP contribution in [0.1, 0.15) is 41.1 Å². The molecule has 1 aliphatic carbocycles. The maximum Gasteiger partial charge on any atom is 0.371 e. The Morgan fingerprint density at radius 1 is 1.62 bits per heavy atom. The molecule has 0 saturated heterocycles. The summed E-state index contributed by atoms with van der Waals surface area (Å²) in [6, 6.07) is 1.54. The van der Waals surface area contributed by atoms with Crippen LogP contribution in [0.25, 0.3) is 0 Å². The van der Waals surface area contributed by atoms with E-state index in [9.17, 15) is 4.79 Å². The van der Waals surface area contributed by atoms with Gasteiger partial charge in [-0.1, -0.05) is 12.8 Å². The zero-order valence-corrected chi connectivity index (χ0v) is 9.36. The Morgan fingerprint density at radius 3 is 2.94 bits per heavy atom. The molecule has 1 aromatic heterocycles. The number of aromatic carboxylic acids is 1. The van der Waals surface area contributed by atoms with Gasteiger partial charge in [0.25, 0.3) is 0 Å². The summed E-state index contributed by atoms with van der Waals surface area (Å²) in [5.74, 6) is 0.439. The van der Waals surface area contributed by atoms with Crippen LogP contribution >= 0.6 is 0 Å². The smallest absolute Gasteiger partial charge is 0.371 e. The Morgan fingerprint density at radius 2 is 2.38 bits per heavy atom. The summed E-state index contributed by atoms with van der Waals surface area (Å²) < 4.78 is 10.6. The van der Waals surface area contributed by atoms with Gasteiger partial charge >= 0.3 is 5.97 Å². The van der Waals surface area contributed by atoms with Crippen LogP contribution in [0.3, 0.4) is 0 Å². The van der Waals surface area contributed by atoms with Crippen molar-refractivity contribution in [2.75, 3.05) is 6.61 Å². The number of aryl methyl sites for hydroxylation is 1. The Bertz CT molecular complexity index is 376. The number of carboxylic acid groups (broad SMARTS) is 1. The molecule has 0 aliphatic heterocycles. The van der Waals surface area contributed by atoms with Crippen molar-refractivity contribution in [3.8, 4) is 0 Å². The van der Waals surface area contributed by atoms with E-state index < -0.39 is 5.97 Å². The van der Waals surface area contributed by atoms with Crippen molar-refractivity contribution in [1.82, 2.24) is 0 Å². The second-order valence-electron chi connectivity index (χ2n) is 4.28. The van der Waals surface area contributed by atoms with Gasteiger partial charge in [-0.2, -0.15) is 0 Å². The molecule has 4 nitrogen and oxygen atoms in total. The van der Waals surface area contributed by atoms with Crippen molar-refractivity contribution in [1.29, 1.82) is 0 Å². The molecular weight excluding hydrogens is 208 g/mol. The summed E-state index contributed by atoms with van der Waals surface area (Å²) in [6.07, 6.45) is 3.78. The summed E-state index contributed by atoms with van der Waals surface area (Å²) in [5.41, 5.74) is 0.827. The highest BCUT2D eigenvalue weighted by atomic mass is 16.5. The Labute approximate surface area is 94.2 Å². The summed E-state index contributed by atoms with van der Waals surface area (Å²) in [7, 11) is 0. The first-order valence-corrected chi connectivity index (χ1v) is 5.57. The van der Waals surface area contributed by atoms with Gasteiger partial charge < -0.3 is 14.3 Å². The predicted octanol–water partition coefficient (Wildman–Crippen LogP) is 2.60. The topological polar surface area (TPSA) is 59.7 Å². The minimum atomic E-state index is -1.03. The van der Waals surface area contributed by atoms with E-state index >= 15 is 0 Å². The third-order valence-electron chi connectivity index (χ3n) is 2.86. The molecule has 0 unspecified atom stereocenters. The molecule has 1 fully saturated rings. The van der Waals surface area contributed by atoms with Crippen LogP contribution in [-0.4, -0.2) is 17.7 Å². The third-order valence-corrected chi connectivity index (χ3v) is 2.86. The summed E-state index contributed by atoms with van der Waals surface area (Å²) >= 11 is 0. The first-order valence-electron chi connectivity index (χ1n) is 5.57.